The van der Waals surface area contributed by atoms with Gasteiger partial charge in [-0.3, -0.25) is 0 Å². The molecule has 1 aromatic carbocycles. The third-order valence-electron chi connectivity index (χ3n) is 5.71. The van der Waals surface area contributed by atoms with Crippen LogP contribution in [-0.4, -0.2) is 70.3 Å². The molecule has 182 valence electrons. The van der Waals surface area contributed by atoms with Gasteiger partial charge >= 0.3 is 12.2 Å². The van der Waals surface area contributed by atoms with Gasteiger partial charge in [0.15, 0.2) is 0 Å². The molecule has 0 aliphatic carbocycles. The Balaban J connectivity index is 1.37. The van der Waals surface area contributed by atoms with Gasteiger partial charge in [-0.25, -0.2) is 19.6 Å². The van der Waals surface area contributed by atoms with Crippen molar-refractivity contribution in [3.8, 4) is 0 Å². The van der Waals surface area contributed by atoms with Crippen molar-refractivity contribution in [2.24, 2.45) is 0 Å². The molecule has 1 fully saturated rings. The van der Waals surface area contributed by atoms with Crippen molar-refractivity contribution in [1.29, 1.82) is 0 Å². The highest BCUT2D eigenvalue weighted by molar-refractivity contribution is 6.28. The summed E-state index contributed by atoms with van der Waals surface area (Å²) >= 11 is 6.25. The number of hydrogen-bond donors (Lipinski definition) is 0. The fraction of sp³-hybridized carbons (Fsp3) is 0.500. The zero-order valence-corrected chi connectivity index (χ0v) is 20.5. The summed E-state index contributed by atoms with van der Waals surface area (Å²) in [7, 11) is 0. The molecule has 1 saturated heterocycles. The smallest absolute Gasteiger partial charge is 0.410 e. The summed E-state index contributed by atoms with van der Waals surface area (Å²) in [6.45, 7) is 8.89. The predicted molar refractivity (Wildman–Crippen MR) is 128 cm³/mol. The van der Waals surface area contributed by atoms with Crippen LogP contribution in [0.4, 0.5) is 15.4 Å². The van der Waals surface area contributed by atoms with E-state index in [2.05, 4.69) is 14.9 Å². The first kappa shape index (κ1) is 24.1. The van der Waals surface area contributed by atoms with Crippen molar-refractivity contribution < 1.29 is 19.1 Å². The molecule has 0 atom stereocenters. The van der Waals surface area contributed by atoms with E-state index in [1.165, 1.54) is 0 Å². The number of ether oxygens (including phenoxy) is 2. The van der Waals surface area contributed by atoms with E-state index < -0.39 is 5.60 Å². The maximum atomic E-state index is 12.5. The average Bonchev–Trinajstić information content (AvgIpc) is 2.81. The van der Waals surface area contributed by atoms with E-state index in [0.29, 0.717) is 45.7 Å². The van der Waals surface area contributed by atoms with Gasteiger partial charge in [-0.15, -0.1) is 0 Å². The number of benzene rings is 1. The summed E-state index contributed by atoms with van der Waals surface area (Å²) in [6, 6.07) is 9.62. The number of piperazine rings is 1. The first-order chi connectivity index (χ1) is 16.2. The molecule has 0 unspecified atom stereocenters. The Morgan fingerprint density at radius 1 is 0.971 bits per heavy atom. The molecular formula is C24H30ClN5O4. The van der Waals surface area contributed by atoms with E-state index in [1.807, 2.05) is 51.1 Å². The summed E-state index contributed by atoms with van der Waals surface area (Å²) in [5.74, 6) is 0.774. The van der Waals surface area contributed by atoms with E-state index in [9.17, 15) is 9.59 Å². The zero-order valence-electron chi connectivity index (χ0n) is 19.8. The average molecular weight is 488 g/mol. The third-order valence-corrected chi connectivity index (χ3v) is 5.88. The number of carbonyl (C=O) groups is 2. The second kappa shape index (κ2) is 10.0. The third kappa shape index (κ3) is 5.88. The van der Waals surface area contributed by atoms with Gasteiger partial charge in [0.05, 0.1) is 12.2 Å². The number of amides is 2. The van der Waals surface area contributed by atoms with Crippen LogP contribution in [0.25, 0.3) is 0 Å². The van der Waals surface area contributed by atoms with Crippen LogP contribution in [0.15, 0.2) is 30.3 Å². The molecule has 3 heterocycles. The second-order valence-electron chi connectivity index (χ2n) is 9.41. The van der Waals surface area contributed by atoms with Crippen LogP contribution in [0.1, 0.15) is 37.6 Å². The number of nitrogens with zero attached hydrogens (tertiary/aromatic N) is 5. The minimum absolute atomic E-state index is 0.143. The van der Waals surface area contributed by atoms with Crippen LogP contribution in [0, 0.1) is 0 Å². The molecule has 2 aromatic rings. The molecule has 10 heteroatoms. The van der Waals surface area contributed by atoms with E-state index in [1.54, 1.807) is 9.80 Å². The Kier molecular flexibility index (Phi) is 7.11. The Morgan fingerprint density at radius 3 is 2.35 bits per heavy atom. The standard InChI is InChI=1S/C24H30ClN5O4/c1-24(2,3)34-23(32)30-10-9-18-19(15-30)26-21(25)27-20(18)28-11-13-29(14-12-28)22(31)33-16-17-7-5-4-6-8-17/h4-8H,9-16H2,1-3H3. The first-order valence-electron chi connectivity index (χ1n) is 11.4. The predicted octanol–water partition coefficient (Wildman–Crippen LogP) is 3.88. The minimum atomic E-state index is -0.562. The van der Waals surface area contributed by atoms with E-state index in [0.717, 1.165) is 22.6 Å². The van der Waals surface area contributed by atoms with Gasteiger partial charge in [-0.2, -0.15) is 0 Å². The van der Waals surface area contributed by atoms with Crippen molar-refractivity contribution >= 4 is 29.6 Å². The van der Waals surface area contributed by atoms with Crippen LogP contribution < -0.4 is 4.90 Å². The van der Waals surface area contributed by atoms with E-state index in [4.69, 9.17) is 21.1 Å². The number of rotatable bonds is 3. The van der Waals surface area contributed by atoms with Gasteiger partial charge in [0.1, 0.15) is 18.0 Å². The lowest BCUT2D eigenvalue weighted by Gasteiger charge is -2.37. The lowest BCUT2D eigenvalue weighted by Crippen LogP contribution is -2.50. The van der Waals surface area contributed by atoms with Gasteiger partial charge in [-0.05, 0) is 44.4 Å². The second-order valence-corrected chi connectivity index (χ2v) is 9.75. The van der Waals surface area contributed by atoms with Gasteiger partial charge in [0.2, 0.25) is 5.28 Å². The Labute approximate surface area is 204 Å². The topological polar surface area (TPSA) is 88.1 Å². The summed E-state index contributed by atoms with van der Waals surface area (Å²) < 4.78 is 11.0. The number of aromatic nitrogens is 2. The monoisotopic (exact) mass is 487 g/mol. The number of anilines is 1. The molecule has 34 heavy (non-hydrogen) atoms. The molecule has 2 aliphatic heterocycles. The summed E-state index contributed by atoms with van der Waals surface area (Å²) in [6.07, 6.45) is -0.0724. The van der Waals surface area contributed by atoms with Crippen LogP contribution in [0.2, 0.25) is 5.28 Å². The summed E-state index contributed by atoms with van der Waals surface area (Å²) in [5, 5.41) is 0.143. The van der Waals surface area contributed by atoms with Crippen LogP contribution >= 0.6 is 11.6 Å². The number of carbonyl (C=O) groups excluding carboxylic acids is 2. The molecule has 9 nitrogen and oxygen atoms in total. The lowest BCUT2D eigenvalue weighted by molar-refractivity contribution is 0.0220. The van der Waals surface area contributed by atoms with Crippen molar-refractivity contribution in [2.75, 3.05) is 37.6 Å². The molecule has 2 aliphatic rings. The van der Waals surface area contributed by atoms with Gasteiger partial charge in [0, 0.05) is 38.3 Å². The van der Waals surface area contributed by atoms with Gasteiger partial charge < -0.3 is 24.2 Å². The molecule has 0 radical (unpaired) electrons. The molecule has 4 rings (SSSR count). The quantitative estimate of drug-likeness (QED) is 0.607. The number of hydrogen-bond acceptors (Lipinski definition) is 7. The molecule has 0 saturated carbocycles. The SMILES string of the molecule is CC(C)(C)OC(=O)N1CCc2c(nc(Cl)nc2N2CCN(C(=O)OCc3ccccc3)CC2)C1. The first-order valence-corrected chi connectivity index (χ1v) is 11.8. The summed E-state index contributed by atoms with van der Waals surface area (Å²) in [4.78, 5) is 39.3. The van der Waals surface area contributed by atoms with Crippen molar-refractivity contribution in [1.82, 2.24) is 19.8 Å². The van der Waals surface area contributed by atoms with E-state index in [-0.39, 0.29) is 24.1 Å². The number of fused-ring (bicyclic) bond motifs is 1. The van der Waals surface area contributed by atoms with Gasteiger partial charge in [-0.1, -0.05) is 30.3 Å². The highest BCUT2D eigenvalue weighted by Gasteiger charge is 2.31. The Bertz CT molecular complexity index is 1040. The highest BCUT2D eigenvalue weighted by atomic mass is 35.5. The van der Waals surface area contributed by atoms with Crippen molar-refractivity contribution in [3.05, 3.63) is 52.4 Å². The van der Waals surface area contributed by atoms with Crippen molar-refractivity contribution in [2.45, 2.75) is 45.9 Å². The van der Waals surface area contributed by atoms with Gasteiger partial charge in [0.25, 0.3) is 0 Å². The lowest BCUT2D eigenvalue weighted by atomic mass is 10.0. The number of halogens is 1. The van der Waals surface area contributed by atoms with Crippen LogP contribution in [0.3, 0.4) is 0 Å². The van der Waals surface area contributed by atoms with Crippen LogP contribution in [0.5, 0.6) is 0 Å². The zero-order chi connectivity index (χ0) is 24.3. The minimum Gasteiger partial charge on any atom is -0.445 e. The van der Waals surface area contributed by atoms with E-state index >= 15 is 0 Å². The normalized spacial score (nSPS) is 16.2. The molecule has 0 N–H and O–H groups in total. The highest BCUT2D eigenvalue weighted by Crippen LogP contribution is 2.29. The Morgan fingerprint density at radius 2 is 1.68 bits per heavy atom. The maximum Gasteiger partial charge on any atom is 0.410 e. The Hall–Kier alpha value is -3.07. The largest absolute Gasteiger partial charge is 0.445 e. The fourth-order valence-electron chi connectivity index (χ4n) is 4.04. The molecule has 1 aromatic heterocycles. The molecule has 0 bridgehead atoms. The van der Waals surface area contributed by atoms with Crippen LogP contribution in [-0.2, 0) is 29.0 Å². The molecular weight excluding hydrogens is 458 g/mol. The fourth-order valence-corrected chi connectivity index (χ4v) is 4.22. The summed E-state index contributed by atoms with van der Waals surface area (Å²) in [5.41, 5.74) is 2.12. The van der Waals surface area contributed by atoms with Crippen molar-refractivity contribution in [3.63, 3.8) is 0 Å². The molecule has 2 amide bonds. The molecule has 0 spiro atoms. The maximum absolute atomic E-state index is 12.5.